The molecule has 1 saturated carbocycles. The van der Waals surface area contributed by atoms with Crippen LogP contribution in [0.4, 0.5) is 0 Å². The molecular formula is C32H48N4O3. The zero-order valence-corrected chi connectivity index (χ0v) is 24.7. The standard InChI is InChI=1S/C32H48N4O3/c1-22(2)8-13-27(23-9-11-24(12-10-23)30(38)39)36-29(37)28(35-20-19-34-18-6-7-26(34)21-35)33-32(36)16-14-25(15-17-32)31(3,4)5/h9-12,22,25-27H,6-8,13-21H2,1-5H3,(H,38,39)/t25?,26-,27+,32?/m0/s1. The van der Waals surface area contributed by atoms with Gasteiger partial charge in [0.15, 0.2) is 5.84 Å². The second-order valence-electron chi connectivity index (χ2n) is 13.9. The van der Waals surface area contributed by atoms with E-state index in [0.29, 0.717) is 23.7 Å². The number of piperazine rings is 1. The summed E-state index contributed by atoms with van der Waals surface area (Å²) in [6.45, 7) is 15.4. The van der Waals surface area contributed by atoms with Crippen molar-refractivity contribution < 1.29 is 14.7 Å². The van der Waals surface area contributed by atoms with Crippen molar-refractivity contribution in [2.75, 3.05) is 26.2 Å². The van der Waals surface area contributed by atoms with Crippen LogP contribution >= 0.6 is 0 Å². The van der Waals surface area contributed by atoms with Crippen molar-refractivity contribution in [3.05, 3.63) is 35.4 Å². The molecule has 0 aromatic heterocycles. The second-order valence-corrected chi connectivity index (χ2v) is 13.9. The highest BCUT2D eigenvalue weighted by atomic mass is 16.4. The van der Waals surface area contributed by atoms with Gasteiger partial charge in [0.1, 0.15) is 5.66 Å². The monoisotopic (exact) mass is 536 g/mol. The molecule has 3 aliphatic heterocycles. The summed E-state index contributed by atoms with van der Waals surface area (Å²) in [5, 5.41) is 9.49. The minimum atomic E-state index is -0.925. The topological polar surface area (TPSA) is 76.5 Å². The maximum atomic E-state index is 14.5. The van der Waals surface area contributed by atoms with E-state index in [0.717, 1.165) is 63.7 Å². The Labute approximate surface area is 234 Å². The van der Waals surface area contributed by atoms with Gasteiger partial charge < -0.3 is 14.9 Å². The van der Waals surface area contributed by atoms with Crippen molar-refractivity contribution in [2.24, 2.45) is 22.2 Å². The smallest absolute Gasteiger partial charge is 0.335 e. The number of amides is 1. The summed E-state index contributed by atoms with van der Waals surface area (Å²) < 4.78 is 0. The third kappa shape index (κ3) is 5.61. The lowest BCUT2D eigenvalue weighted by atomic mass is 9.69. The average molecular weight is 537 g/mol. The van der Waals surface area contributed by atoms with E-state index in [1.165, 1.54) is 19.4 Å². The first-order valence-electron chi connectivity index (χ1n) is 15.2. The first-order chi connectivity index (χ1) is 18.5. The number of carboxylic acid groups (broad SMARTS) is 1. The SMILES string of the molecule is CC(C)CC[C@H](c1ccc(C(=O)O)cc1)N1C(=O)C(N2CCN3CCC[C@H]3C2)=NC12CCC(C(C)(C)C)CC2. The Hall–Kier alpha value is -2.41. The molecule has 2 atom stereocenters. The predicted molar refractivity (Wildman–Crippen MR) is 155 cm³/mol. The number of carbonyl (C=O) groups is 2. The Morgan fingerprint density at radius 3 is 2.36 bits per heavy atom. The van der Waals surface area contributed by atoms with Crippen LogP contribution in [0.1, 0.15) is 108 Å². The van der Waals surface area contributed by atoms with Gasteiger partial charge in [-0.05, 0) is 92.9 Å². The van der Waals surface area contributed by atoms with E-state index in [-0.39, 0.29) is 22.9 Å². The molecule has 1 amide bonds. The molecule has 3 fully saturated rings. The molecule has 3 heterocycles. The van der Waals surface area contributed by atoms with Gasteiger partial charge in [-0.1, -0.05) is 46.8 Å². The summed E-state index contributed by atoms with van der Waals surface area (Å²) >= 11 is 0. The quantitative estimate of drug-likeness (QED) is 0.496. The van der Waals surface area contributed by atoms with Crippen LogP contribution < -0.4 is 0 Å². The van der Waals surface area contributed by atoms with E-state index in [9.17, 15) is 14.7 Å². The van der Waals surface area contributed by atoms with Crippen LogP contribution in [-0.2, 0) is 4.79 Å². The molecule has 0 unspecified atom stereocenters. The van der Waals surface area contributed by atoms with E-state index in [1.54, 1.807) is 12.1 Å². The van der Waals surface area contributed by atoms with Crippen LogP contribution in [0, 0.1) is 17.3 Å². The molecule has 0 radical (unpaired) electrons. The van der Waals surface area contributed by atoms with Gasteiger partial charge in [-0.25, -0.2) is 9.79 Å². The normalized spacial score (nSPS) is 28.8. The van der Waals surface area contributed by atoms with Gasteiger partial charge in [-0.15, -0.1) is 0 Å². The van der Waals surface area contributed by atoms with Gasteiger partial charge >= 0.3 is 5.97 Å². The van der Waals surface area contributed by atoms with Crippen molar-refractivity contribution in [2.45, 2.75) is 104 Å². The van der Waals surface area contributed by atoms with Gasteiger partial charge in [0.05, 0.1) is 11.6 Å². The van der Waals surface area contributed by atoms with E-state index >= 15 is 0 Å². The van der Waals surface area contributed by atoms with Crippen molar-refractivity contribution in [1.82, 2.24) is 14.7 Å². The van der Waals surface area contributed by atoms with Gasteiger partial charge in [0.2, 0.25) is 0 Å². The molecule has 0 bridgehead atoms. The van der Waals surface area contributed by atoms with E-state index in [4.69, 9.17) is 4.99 Å². The maximum absolute atomic E-state index is 14.5. The second kappa shape index (κ2) is 10.9. The third-order valence-corrected chi connectivity index (χ3v) is 9.94. The Bertz CT molecular complexity index is 1080. The lowest BCUT2D eigenvalue weighted by Crippen LogP contribution is -2.55. The van der Waals surface area contributed by atoms with Gasteiger partial charge in [-0.3, -0.25) is 9.69 Å². The van der Waals surface area contributed by atoms with Crippen molar-refractivity contribution in [3.63, 3.8) is 0 Å². The summed E-state index contributed by atoms with van der Waals surface area (Å²) in [5.74, 6) is 0.947. The summed E-state index contributed by atoms with van der Waals surface area (Å²) in [7, 11) is 0. The Morgan fingerprint density at radius 1 is 1.05 bits per heavy atom. The Balaban J connectivity index is 1.50. The van der Waals surface area contributed by atoms with Crippen molar-refractivity contribution in [3.8, 4) is 0 Å². The number of carbonyl (C=O) groups excluding carboxylic acids is 1. The molecule has 4 aliphatic rings. The molecule has 1 N–H and O–H groups in total. The van der Waals surface area contributed by atoms with E-state index < -0.39 is 11.6 Å². The molecule has 7 nitrogen and oxygen atoms in total. The zero-order chi connectivity index (χ0) is 27.9. The third-order valence-electron chi connectivity index (χ3n) is 9.94. The largest absolute Gasteiger partial charge is 0.478 e. The van der Waals surface area contributed by atoms with Gasteiger partial charge in [-0.2, -0.15) is 0 Å². The highest BCUT2D eigenvalue weighted by Gasteiger charge is 2.54. The minimum absolute atomic E-state index is 0.0757. The summed E-state index contributed by atoms with van der Waals surface area (Å²) in [6.07, 6.45) is 8.19. The molecule has 39 heavy (non-hydrogen) atoms. The highest BCUT2D eigenvalue weighted by molar-refractivity contribution is 6.39. The number of carboxylic acids is 1. The molecule has 7 heteroatoms. The predicted octanol–water partition coefficient (Wildman–Crippen LogP) is 5.82. The van der Waals surface area contributed by atoms with E-state index in [1.807, 2.05) is 12.1 Å². The molecule has 214 valence electrons. The van der Waals surface area contributed by atoms with Crippen LogP contribution in [0.15, 0.2) is 29.3 Å². The van der Waals surface area contributed by atoms with Crippen LogP contribution in [0.3, 0.4) is 0 Å². The Morgan fingerprint density at radius 2 is 1.74 bits per heavy atom. The number of amidine groups is 1. The fourth-order valence-corrected chi connectivity index (χ4v) is 7.50. The lowest BCUT2D eigenvalue weighted by Gasteiger charge is -2.47. The maximum Gasteiger partial charge on any atom is 0.335 e. The number of rotatable bonds is 6. The first-order valence-corrected chi connectivity index (χ1v) is 15.2. The molecule has 5 rings (SSSR count). The fourth-order valence-electron chi connectivity index (χ4n) is 7.50. The van der Waals surface area contributed by atoms with Gasteiger partial charge in [0, 0.05) is 25.7 Å². The number of nitrogens with zero attached hydrogens (tertiary/aromatic N) is 4. The molecule has 1 aromatic carbocycles. The van der Waals surface area contributed by atoms with Crippen LogP contribution in [0.2, 0.25) is 0 Å². The number of benzene rings is 1. The number of aliphatic imine (C=N–C) groups is 1. The molecule has 1 aromatic rings. The van der Waals surface area contributed by atoms with Crippen LogP contribution in [0.5, 0.6) is 0 Å². The molecule has 2 saturated heterocycles. The molecule has 1 aliphatic carbocycles. The summed E-state index contributed by atoms with van der Waals surface area (Å²) in [6, 6.07) is 7.62. The zero-order valence-electron chi connectivity index (χ0n) is 24.7. The summed E-state index contributed by atoms with van der Waals surface area (Å²) in [4.78, 5) is 38.5. The van der Waals surface area contributed by atoms with Crippen LogP contribution in [0.25, 0.3) is 0 Å². The van der Waals surface area contributed by atoms with Crippen molar-refractivity contribution >= 4 is 17.7 Å². The number of aromatic carboxylic acids is 1. The highest BCUT2D eigenvalue weighted by Crippen LogP contribution is 2.50. The molecule has 1 spiro atoms. The van der Waals surface area contributed by atoms with Crippen molar-refractivity contribution in [1.29, 1.82) is 0 Å². The lowest BCUT2D eigenvalue weighted by molar-refractivity contribution is -0.134. The van der Waals surface area contributed by atoms with Gasteiger partial charge in [0.25, 0.3) is 5.91 Å². The number of hydrogen-bond acceptors (Lipinski definition) is 5. The molecular weight excluding hydrogens is 488 g/mol. The Kier molecular flexibility index (Phi) is 7.84. The number of hydrogen-bond donors (Lipinski definition) is 1. The number of fused-ring (bicyclic) bond motifs is 1. The minimum Gasteiger partial charge on any atom is -0.478 e. The first kappa shape index (κ1) is 28.1. The average Bonchev–Trinajstić information content (AvgIpc) is 3.47. The fraction of sp³-hybridized carbons (Fsp3) is 0.719. The van der Waals surface area contributed by atoms with Crippen LogP contribution in [-0.4, -0.2) is 75.4 Å². The summed E-state index contributed by atoms with van der Waals surface area (Å²) in [5.41, 5.74) is 1.02. The van der Waals surface area contributed by atoms with E-state index in [2.05, 4.69) is 49.3 Å².